The summed E-state index contributed by atoms with van der Waals surface area (Å²) in [5.41, 5.74) is 1.56. The molecule has 0 aliphatic carbocycles. The normalized spacial score (nSPS) is 15.8. The summed E-state index contributed by atoms with van der Waals surface area (Å²) in [7, 11) is 0. The van der Waals surface area contributed by atoms with Crippen LogP contribution in [0.25, 0.3) is 0 Å². The van der Waals surface area contributed by atoms with Gasteiger partial charge < -0.3 is 24.1 Å². The molecule has 0 aromatic heterocycles. The summed E-state index contributed by atoms with van der Waals surface area (Å²) < 4.78 is 21.7. The van der Waals surface area contributed by atoms with Gasteiger partial charge in [0, 0.05) is 0 Å². The maximum atomic E-state index is 11.8. The van der Waals surface area contributed by atoms with Crippen molar-refractivity contribution >= 4 is 5.97 Å². The summed E-state index contributed by atoms with van der Waals surface area (Å²) in [5.74, 6) is 1.02. The topological polar surface area (TPSA) is 74.2 Å². The Labute approximate surface area is 138 Å². The summed E-state index contributed by atoms with van der Waals surface area (Å²) in [5, 5.41) is 9.65. The van der Waals surface area contributed by atoms with E-state index in [2.05, 4.69) is 0 Å². The lowest BCUT2D eigenvalue weighted by atomic mass is 9.91. The Morgan fingerprint density at radius 2 is 1.58 bits per heavy atom. The van der Waals surface area contributed by atoms with Crippen molar-refractivity contribution in [1.82, 2.24) is 0 Å². The second-order valence-electron chi connectivity index (χ2n) is 5.69. The zero-order valence-corrected chi connectivity index (χ0v) is 12.9. The third kappa shape index (κ3) is 2.71. The van der Waals surface area contributed by atoms with Gasteiger partial charge in [0.2, 0.25) is 6.79 Å². The van der Waals surface area contributed by atoms with Gasteiger partial charge >= 0.3 is 5.97 Å². The first kappa shape index (κ1) is 14.7. The number of fused-ring (bicyclic) bond motifs is 2. The fourth-order valence-corrected chi connectivity index (χ4v) is 2.93. The van der Waals surface area contributed by atoms with Crippen molar-refractivity contribution in [2.75, 3.05) is 20.0 Å². The van der Waals surface area contributed by atoms with Gasteiger partial charge in [0.05, 0.1) is 5.92 Å². The molecule has 0 spiro atoms. The number of hydrogen-bond acceptors (Lipinski definition) is 5. The molecule has 24 heavy (non-hydrogen) atoms. The first-order valence-corrected chi connectivity index (χ1v) is 7.71. The number of rotatable bonds is 4. The van der Waals surface area contributed by atoms with Gasteiger partial charge in [0.25, 0.3) is 0 Å². The molecular weight excluding hydrogens is 312 g/mol. The molecule has 0 saturated heterocycles. The van der Waals surface area contributed by atoms with Crippen molar-refractivity contribution in [2.45, 2.75) is 12.3 Å². The minimum absolute atomic E-state index is 0.165. The van der Waals surface area contributed by atoms with Gasteiger partial charge in [-0.15, -0.1) is 0 Å². The molecule has 2 heterocycles. The Bertz CT molecular complexity index is 785. The molecule has 2 aliphatic heterocycles. The van der Waals surface area contributed by atoms with Gasteiger partial charge in [-0.25, -0.2) is 0 Å². The first-order valence-electron chi connectivity index (χ1n) is 7.71. The highest BCUT2D eigenvalue weighted by Crippen LogP contribution is 2.37. The summed E-state index contributed by atoms with van der Waals surface area (Å²) >= 11 is 0. The van der Waals surface area contributed by atoms with Crippen LogP contribution in [0.1, 0.15) is 17.0 Å². The number of aliphatic carboxylic acids is 1. The molecule has 0 fully saturated rings. The summed E-state index contributed by atoms with van der Waals surface area (Å²) in [4.78, 5) is 11.8. The fraction of sp³-hybridized carbons (Fsp3) is 0.278. The highest BCUT2D eigenvalue weighted by atomic mass is 16.7. The zero-order valence-electron chi connectivity index (χ0n) is 12.9. The van der Waals surface area contributed by atoms with Gasteiger partial charge in [0.15, 0.2) is 23.0 Å². The molecule has 1 atom stereocenters. The van der Waals surface area contributed by atoms with E-state index in [-0.39, 0.29) is 6.79 Å². The third-order valence-corrected chi connectivity index (χ3v) is 4.14. The number of carboxylic acid groups (broad SMARTS) is 1. The van der Waals surface area contributed by atoms with Crippen LogP contribution in [0.5, 0.6) is 23.0 Å². The van der Waals surface area contributed by atoms with Gasteiger partial charge in [-0.3, -0.25) is 4.79 Å². The average Bonchev–Trinajstić information content (AvgIpc) is 3.07. The van der Waals surface area contributed by atoms with Crippen molar-refractivity contribution in [2.24, 2.45) is 0 Å². The predicted octanol–water partition coefficient (Wildman–Crippen LogP) is 2.60. The lowest BCUT2D eigenvalue weighted by molar-refractivity contribution is -0.138. The fourth-order valence-electron chi connectivity index (χ4n) is 2.93. The van der Waals surface area contributed by atoms with Gasteiger partial charge in [-0.05, 0) is 41.8 Å². The van der Waals surface area contributed by atoms with Gasteiger partial charge in [-0.2, -0.15) is 0 Å². The van der Waals surface area contributed by atoms with Crippen LogP contribution < -0.4 is 18.9 Å². The molecule has 124 valence electrons. The smallest absolute Gasteiger partial charge is 0.311 e. The first-order chi connectivity index (χ1) is 11.7. The van der Waals surface area contributed by atoms with Gasteiger partial charge in [-0.1, -0.05) is 12.1 Å². The number of ether oxygens (including phenoxy) is 4. The number of benzene rings is 2. The Hall–Kier alpha value is -2.89. The second kappa shape index (κ2) is 5.96. The minimum Gasteiger partial charge on any atom is -0.486 e. The highest BCUT2D eigenvalue weighted by Gasteiger charge is 2.24. The molecule has 1 N–H and O–H groups in total. The maximum absolute atomic E-state index is 11.8. The van der Waals surface area contributed by atoms with Crippen molar-refractivity contribution in [3.05, 3.63) is 47.5 Å². The molecule has 6 nitrogen and oxygen atoms in total. The van der Waals surface area contributed by atoms with E-state index in [4.69, 9.17) is 18.9 Å². The van der Waals surface area contributed by atoms with Crippen LogP contribution in [0, 0.1) is 0 Å². The average molecular weight is 328 g/mol. The molecule has 2 aromatic carbocycles. The number of carboxylic acids is 1. The molecular formula is C18H16O6. The molecule has 0 amide bonds. The van der Waals surface area contributed by atoms with E-state index in [0.717, 1.165) is 5.56 Å². The number of carbonyl (C=O) groups is 1. The Kier molecular flexibility index (Phi) is 3.65. The molecule has 0 radical (unpaired) electrons. The van der Waals surface area contributed by atoms with Crippen molar-refractivity contribution < 1.29 is 28.8 Å². The van der Waals surface area contributed by atoms with Crippen LogP contribution in [0.4, 0.5) is 0 Å². The molecule has 0 saturated carbocycles. The highest BCUT2D eigenvalue weighted by molar-refractivity contribution is 5.77. The van der Waals surface area contributed by atoms with Crippen molar-refractivity contribution in [1.29, 1.82) is 0 Å². The van der Waals surface area contributed by atoms with E-state index >= 15 is 0 Å². The molecule has 4 rings (SSSR count). The molecule has 1 unspecified atom stereocenters. The maximum Gasteiger partial charge on any atom is 0.311 e. The van der Waals surface area contributed by atoms with Crippen LogP contribution in [-0.2, 0) is 11.2 Å². The van der Waals surface area contributed by atoms with Crippen LogP contribution in [-0.4, -0.2) is 31.1 Å². The van der Waals surface area contributed by atoms with E-state index < -0.39 is 11.9 Å². The lowest BCUT2D eigenvalue weighted by Gasteiger charge is -2.20. The molecule has 2 aromatic rings. The summed E-state index contributed by atoms with van der Waals surface area (Å²) in [6.07, 6.45) is 0.353. The monoisotopic (exact) mass is 328 g/mol. The lowest BCUT2D eigenvalue weighted by Crippen LogP contribution is -2.17. The SMILES string of the molecule is O=C(O)C(Cc1ccc2c(c1)OCCO2)c1ccc2c(c1)OCO2. The Morgan fingerprint density at radius 1 is 0.917 bits per heavy atom. The Morgan fingerprint density at radius 3 is 2.42 bits per heavy atom. The molecule has 6 heteroatoms. The van der Waals surface area contributed by atoms with Crippen LogP contribution in [0.15, 0.2) is 36.4 Å². The van der Waals surface area contributed by atoms with Crippen LogP contribution in [0.3, 0.4) is 0 Å². The van der Waals surface area contributed by atoms with E-state index in [1.54, 1.807) is 18.2 Å². The predicted molar refractivity (Wildman–Crippen MR) is 84.1 cm³/mol. The van der Waals surface area contributed by atoms with E-state index in [1.165, 1.54) is 0 Å². The van der Waals surface area contributed by atoms with Crippen molar-refractivity contribution in [3.63, 3.8) is 0 Å². The second-order valence-corrected chi connectivity index (χ2v) is 5.69. The van der Waals surface area contributed by atoms with E-state index in [0.29, 0.717) is 48.2 Å². The zero-order chi connectivity index (χ0) is 16.5. The summed E-state index contributed by atoms with van der Waals surface area (Å²) in [6, 6.07) is 10.8. The van der Waals surface area contributed by atoms with Crippen LogP contribution >= 0.6 is 0 Å². The van der Waals surface area contributed by atoms with Gasteiger partial charge in [0.1, 0.15) is 13.2 Å². The van der Waals surface area contributed by atoms with E-state index in [1.807, 2.05) is 18.2 Å². The Balaban J connectivity index is 1.61. The van der Waals surface area contributed by atoms with Crippen LogP contribution in [0.2, 0.25) is 0 Å². The summed E-state index contributed by atoms with van der Waals surface area (Å²) in [6.45, 7) is 1.20. The largest absolute Gasteiger partial charge is 0.486 e. The number of hydrogen-bond donors (Lipinski definition) is 1. The van der Waals surface area contributed by atoms with Crippen molar-refractivity contribution in [3.8, 4) is 23.0 Å². The quantitative estimate of drug-likeness (QED) is 0.930. The standard InChI is InChI=1S/C18H16O6/c19-18(20)13(12-2-4-15-17(9-12)24-10-23-15)7-11-1-3-14-16(8-11)22-6-5-21-14/h1-4,8-9,13H,5-7,10H2,(H,19,20). The van der Waals surface area contributed by atoms with E-state index in [9.17, 15) is 9.90 Å². The molecule has 0 bridgehead atoms. The molecule has 2 aliphatic rings. The minimum atomic E-state index is -0.885. The third-order valence-electron chi connectivity index (χ3n) is 4.14.